The van der Waals surface area contributed by atoms with Gasteiger partial charge in [0.25, 0.3) is 35.4 Å². The number of nitrogens with zero attached hydrogens (tertiary/aromatic N) is 5. The largest absolute Gasteiger partial charge is 0.387 e. The maximum atomic E-state index is 13.8. The van der Waals surface area contributed by atoms with E-state index in [1.165, 1.54) is 43.3 Å². The molecular weight excluding hydrogens is 1030 g/mol. The molecule has 412 valence electrons. The summed E-state index contributed by atoms with van der Waals surface area (Å²) in [5.74, 6) is -6.11. The smallest absolute Gasteiger partial charge is 0.268 e. The number of aromatic amines is 2. The number of imidazole rings is 1. The number of hydrogen-bond acceptors (Lipinski definition) is 15. The Morgan fingerprint density at radius 3 is 1.57 bits per heavy atom. The Hall–Kier alpha value is -9.75. The van der Waals surface area contributed by atoms with Gasteiger partial charge in [-0.1, -0.05) is 49.9 Å². The predicted molar refractivity (Wildman–Crippen MR) is 287 cm³/mol. The minimum Gasteiger partial charge on any atom is -0.387 e. The Labute approximate surface area is 450 Å². The van der Waals surface area contributed by atoms with E-state index in [1.807, 2.05) is 12.1 Å². The van der Waals surface area contributed by atoms with E-state index in [1.54, 1.807) is 66.7 Å². The van der Waals surface area contributed by atoms with Crippen LogP contribution in [0.3, 0.4) is 0 Å². The Morgan fingerprint density at radius 2 is 1.10 bits per heavy atom. The third-order valence-electron chi connectivity index (χ3n) is 12.4. The molecule has 4 atom stereocenters. The summed E-state index contributed by atoms with van der Waals surface area (Å²) in [7, 11) is 0. The van der Waals surface area contributed by atoms with Gasteiger partial charge in [0.05, 0.1) is 65.3 Å². The van der Waals surface area contributed by atoms with Gasteiger partial charge < -0.3 is 60.8 Å². The lowest BCUT2D eigenvalue weighted by atomic mass is 10.1. The molecule has 0 bridgehead atoms. The fraction of sp³-hybridized carbons (Fsp3) is 0.278. The molecular formula is C54H57N11O14. The van der Waals surface area contributed by atoms with Gasteiger partial charge in [-0.2, -0.15) is 0 Å². The van der Waals surface area contributed by atoms with Crippen molar-refractivity contribution in [2.75, 3.05) is 59.0 Å². The Balaban J connectivity index is 0.000000252. The van der Waals surface area contributed by atoms with Gasteiger partial charge in [-0.05, 0) is 68.4 Å². The van der Waals surface area contributed by atoms with Gasteiger partial charge in [-0.3, -0.25) is 57.7 Å². The Kier molecular flexibility index (Phi) is 19.5. The van der Waals surface area contributed by atoms with Crippen LogP contribution in [0, 0.1) is 0 Å². The van der Waals surface area contributed by atoms with Crippen LogP contribution >= 0.6 is 0 Å². The molecule has 8 amide bonds. The summed E-state index contributed by atoms with van der Waals surface area (Å²) in [6.07, 6.45) is 1.92. The van der Waals surface area contributed by atoms with Crippen molar-refractivity contribution in [3.8, 4) is 0 Å². The number of nitrogens with one attached hydrogen (secondary N) is 6. The highest BCUT2D eigenvalue weighted by molar-refractivity contribution is 6.13. The number of Topliss-reactive ketones (excluding diaryl/α,β-unsaturated/α-hetero) is 2. The molecule has 0 radical (unpaired) electrons. The number of H-pyrrole nitrogens is 2. The van der Waals surface area contributed by atoms with Crippen molar-refractivity contribution in [3.05, 3.63) is 115 Å². The average molecular weight is 1080 g/mol. The standard InChI is InChI=1S/C27H27N5O7.C26H26N6O7.CH4/c1-16(35)10-18(14-33)28-24(36)13-32-23-9-5-4-8-22(23)31(25(37)15-34)12-21(27(32)39)30-26(38)20-11-17-6-2-3-7-19(17)29-20;1-15(35)8-17(12-33)29-23(36)11-32-22-5-3-2-4-21(22)31(24(37)13-34)10-20(26(32)39)30-25(38)16-6-7-18-19(9-16)28-14-27-18;/h2-9,11,14,18,21,29,34H,10,12-13,15H2,1H3,(H,28,36)(H,30,38);2-7,9,12,14,17,20,34H,8,10-11,13H2,1H3,(H,27,28)(H,29,36)(H,30,38);1H4/t18-,21-;17-,20-;/m00./s1. The van der Waals surface area contributed by atoms with E-state index >= 15 is 0 Å². The summed E-state index contributed by atoms with van der Waals surface area (Å²) in [5, 5.41) is 30.1. The maximum Gasteiger partial charge on any atom is 0.268 e. The zero-order valence-corrected chi connectivity index (χ0v) is 42.0. The first-order chi connectivity index (χ1) is 37.4. The van der Waals surface area contributed by atoms with Crippen LogP contribution in [0.5, 0.6) is 0 Å². The van der Waals surface area contributed by atoms with Crippen molar-refractivity contribution in [1.82, 2.24) is 36.2 Å². The lowest BCUT2D eigenvalue weighted by Crippen LogP contribution is -2.55. The lowest BCUT2D eigenvalue weighted by molar-refractivity contribution is -0.127. The third-order valence-corrected chi connectivity index (χ3v) is 12.4. The number of rotatable bonds is 18. The number of para-hydroxylation sites is 5. The third kappa shape index (κ3) is 14.0. The fourth-order valence-corrected chi connectivity index (χ4v) is 8.78. The highest BCUT2D eigenvalue weighted by Crippen LogP contribution is 2.34. The second-order valence-electron chi connectivity index (χ2n) is 18.0. The molecule has 8 rings (SSSR count). The van der Waals surface area contributed by atoms with Gasteiger partial charge >= 0.3 is 0 Å². The van der Waals surface area contributed by atoms with Crippen LogP contribution in [0.25, 0.3) is 21.9 Å². The van der Waals surface area contributed by atoms with Crippen LogP contribution in [0.4, 0.5) is 22.7 Å². The molecule has 0 aliphatic carbocycles. The minimum atomic E-state index is -1.30. The van der Waals surface area contributed by atoms with Crippen molar-refractivity contribution < 1.29 is 67.7 Å². The summed E-state index contributed by atoms with van der Waals surface area (Å²) < 4.78 is 0. The normalized spacial score (nSPS) is 15.5. The number of anilines is 4. The van der Waals surface area contributed by atoms with Gasteiger partial charge in [-0.25, -0.2) is 4.98 Å². The van der Waals surface area contributed by atoms with Gasteiger partial charge in [0.2, 0.25) is 11.8 Å². The number of ketones is 2. The topological polar surface area (TPSA) is 351 Å². The molecule has 0 saturated heterocycles. The summed E-state index contributed by atoms with van der Waals surface area (Å²) in [6, 6.07) is 21.4. The first-order valence-electron chi connectivity index (χ1n) is 24.2. The second kappa shape index (κ2) is 26.3. The lowest BCUT2D eigenvalue weighted by Gasteiger charge is -2.25. The van der Waals surface area contributed by atoms with Crippen LogP contribution in [-0.4, -0.2) is 160 Å². The number of benzene rings is 4. The van der Waals surface area contributed by atoms with Gasteiger partial charge in [-0.15, -0.1) is 0 Å². The van der Waals surface area contributed by atoms with Crippen LogP contribution in [0.15, 0.2) is 103 Å². The second-order valence-corrected chi connectivity index (χ2v) is 18.0. The molecule has 6 aromatic rings. The first-order valence-corrected chi connectivity index (χ1v) is 24.2. The van der Waals surface area contributed by atoms with Gasteiger partial charge in [0.15, 0.2) is 0 Å². The molecule has 25 nitrogen and oxygen atoms in total. The summed E-state index contributed by atoms with van der Waals surface area (Å²) in [4.78, 5) is 165. The van der Waals surface area contributed by atoms with Crippen molar-refractivity contribution in [2.24, 2.45) is 0 Å². The zero-order chi connectivity index (χ0) is 56.2. The number of aromatic nitrogens is 3. The van der Waals surface area contributed by atoms with Gasteiger partial charge in [0.1, 0.15) is 68.2 Å². The quantitative estimate of drug-likeness (QED) is 0.0548. The number of carbonyl (C=O) groups excluding carboxylic acids is 12. The van der Waals surface area contributed by atoms with E-state index in [9.17, 15) is 67.7 Å². The highest BCUT2D eigenvalue weighted by Gasteiger charge is 2.40. The van der Waals surface area contributed by atoms with Crippen molar-refractivity contribution >= 4 is 116 Å². The Bertz CT molecular complexity index is 3160. The van der Waals surface area contributed by atoms with Crippen LogP contribution in [-0.2, 0) is 47.9 Å². The summed E-state index contributed by atoms with van der Waals surface area (Å²) in [6.45, 7) is -0.882. The SMILES string of the molecule is C.CC(=O)C[C@@H](C=O)NC(=O)CN1C(=O)[C@@H](NC(=O)c2cc3ccccc3[nH]2)CN(C(=O)CO)c2ccccc21.CC(=O)C[C@@H](C=O)NC(=O)CN1C(=O)[C@@H](NC(=O)c2ccc3nc[nH]c3c2)CN(C(=O)CO)c2ccccc21. The van der Waals surface area contributed by atoms with Crippen LogP contribution in [0.1, 0.15) is 55.0 Å². The van der Waals surface area contributed by atoms with E-state index in [2.05, 4.69) is 36.2 Å². The molecule has 0 fully saturated rings. The molecule has 2 aliphatic rings. The number of aliphatic hydroxyl groups excluding tert-OH is 2. The van der Waals surface area contributed by atoms with Gasteiger partial charge in [0, 0.05) is 29.3 Å². The average Bonchev–Trinajstić information content (AvgIpc) is 4.10. The van der Waals surface area contributed by atoms with Crippen molar-refractivity contribution in [1.29, 1.82) is 0 Å². The van der Waals surface area contributed by atoms with Crippen LogP contribution in [0.2, 0.25) is 0 Å². The highest BCUT2D eigenvalue weighted by atomic mass is 16.3. The molecule has 0 unspecified atom stereocenters. The molecule has 4 aromatic carbocycles. The first kappa shape index (κ1) is 58.5. The van der Waals surface area contributed by atoms with Crippen molar-refractivity contribution in [2.45, 2.75) is 58.3 Å². The molecule has 0 spiro atoms. The summed E-state index contributed by atoms with van der Waals surface area (Å²) in [5.41, 5.74) is 3.24. The van der Waals surface area contributed by atoms with E-state index in [0.717, 1.165) is 20.1 Å². The molecule has 2 aromatic heterocycles. The fourth-order valence-electron chi connectivity index (χ4n) is 8.78. The predicted octanol–water partition coefficient (Wildman–Crippen LogP) is 0.634. The van der Waals surface area contributed by atoms with Crippen LogP contribution < -0.4 is 40.9 Å². The molecule has 25 heteroatoms. The van der Waals surface area contributed by atoms with Crippen molar-refractivity contribution in [3.63, 3.8) is 0 Å². The zero-order valence-electron chi connectivity index (χ0n) is 42.0. The number of fused-ring (bicyclic) bond motifs is 4. The van der Waals surface area contributed by atoms with E-state index in [-0.39, 0.29) is 78.9 Å². The number of amides is 8. The molecule has 0 saturated carbocycles. The van der Waals surface area contributed by atoms with E-state index < -0.39 is 97.7 Å². The molecule has 79 heavy (non-hydrogen) atoms. The van der Waals surface area contributed by atoms with E-state index in [0.29, 0.717) is 29.1 Å². The molecule has 8 N–H and O–H groups in total. The monoisotopic (exact) mass is 1080 g/mol. The number of aldehydes is 2. The minimum absolute atomic E-state index is 0. The molecule has 4 heterocycles. The number of carbonyl (C=O) groups is 12. The number of aliphatic hydroxyl groups is 2. The maximum absolute atomic E-state index is 13.8. The molecule has 2 aliphatic heterocycles. The Morgan fingerprint density at radius 1 is 0.633 bits per heavy atom. The van der Waals surface area contributed by atoms with E-state index in [4.69, 9.17) is 0 Å². The summed E-state index contributed by atoms with van der Waals surface area (Å²) >= 11 is 0. The number of hydrogen-bond donors (Lipinski definition) is 8.